The van der Waals surface area contributed by atoms with Gasteiger partial charge >= 0.3 is 0 Å². The lowest BCUT2D eigenvalue weighted by molar-refractivity contribution is 0.0946. The van der Waals surface area contributed by atoms with Crippen LogP contribution >= 0.6 is 0 Å². The van der Waals surface area contributed by atoms with Crippen molar-refractivity contribution in [2.45, 2.75) is 32.2 Å². The van der Waals surface area contributed by atoms with Crippen LogP contribution in [0.1, 0.15) is 35.3 Å². The van der Waals surface area contributed by atoms with Crippen molar-refractivity contribution >= 4 is 5.91 Å². The summed E-state index contributed by atoms with van der Waals surface area (Å²) in [4.78, 5) is 11.8. The van der Waals surface area contributed by atoms with Gasteiger partial charge in [0.05, 0.1) is 11.8 Å². The molecule has 16 heavy (non-hydrogen) atoms. The van der Waals surface area contributed by atoms with Crippen molar-refractivity contribution in [3.8, 4) is 0 Å². The zero-order valence-electron chi connectivity index (χ0n) is 9.49. The molecule has 0 spiro atoms. The number of nitrogens with zero attached hydrogens (tertiary/aromatic N) is 1. The summed E-state index contributed by atoms with van der Waals surface area (Å²) in [5, 5.41) is 9.52. The van der Waals surface area contributed by atoms with E-state index in [4.69, 9.17) is 5.73 Å². The molecule has 1 aliphatic carbocycles. The highest BCUT2D eigenvalue weighted by Crippen LogP contribution is 2.23. The van der Waals surface area contributed by atoms with E-state index in [-0.39, 0.29) is 5.91 Å². The van der Waals surface area contributed by atoms with Crippen LogP contribution in [-0.2, 0) is 0 Å². The van der Waals surface area contributed by atoms with Gasteiger partial charge in [0, 0.05) is 18.3 Å². The summed E-state index contributed by atoms with van der Waals surface area (Å²) in [6.45, 7) is 2.56. The van der Waals surface area contributed by atoms with E-state index in [2.05, 4.69) is 15.5 Å². The normalized spacial score (nSPS) is 24.6. The molecular formula is C11H18N4O. The third-order valence-electron chi connectivity index (χ3n) is 3.21. The molecule has 5 nitrogen and oxygen atoms in total. The lowest BCUT2D eigenvalue weighted by atomic mass is 10.1. The van der Waals surface area contributed by atoms with Gasteiger partial charge in [-0.05, 0) is 32.1 Å². The lowest BCUT2D eigenvalue weighted by Gasteiger charge is -2.10. The van der Waals surface area contributed by atoms with Crippen LogP contribution in [0.2, 0.25) is 0 Å². The van der Waals surface area contributed by atoms with Gasteiger partial charge in [0.15, 0.2) is 0 Å². The number of rotatable bonds is 3. The van der Waals surface area contributed by atoms with Gasteiger partial charge in [-0.15, -0.1) is 0 Å². The van der Waals surface area contributed by atoms with Crippen LogP contribution in [0, 0.1) is 12.8 Å². The molecule has 1 heterocycles. The Morgan fingerprint density at radius 2 is 2.50 bits per heavy atom. The number of carbonyl (C=O) groups is 1. The van der Waals surface area contributed by atoms with Crippen molar-refractivity contribution in [2.75, 3.05) is 6.54 Å². The van der Waals surface area contributed by atoms with Crippen LogP contribution in [-0.4, -0.2) is 28.7 Å². The minimum Gasteiger partial charge on any atom is -0.352 e. The number of aromatic nitrogens is 2. The SMILES string of the molecule is Cc1[nH]ncc1C(=O)NCC1CCC(N)C1. The molecule has 4 N–H and O–H groups in total. The molecule has 1 aliphatic rings. The fourth-order valence-electron chi connectivity index (χ4n) is 2.21. The minimum atomic E-state index is -0.0493. The Kier molecular flexibility index (Phi) is 3.24. The smallest absolute Gasteiger partial charge is 0.254 e. The first-order valence-electron chi connectivity index (χ1n) is 5.70. The van der Waals surface area contributed by atoms with Crippen molar-refractivity contribution in [2.24, 2.45) is 11.7 Å². The summed E-state index contributed by atoms with van der Waals surface area (Å²) in [5.74, 6) is 0.484. The van der Waals surface area contributed by atoms with E-state index in [1.807, 2.05) is 6.92 Å². The molecule has 1 amide bonds. The van der Waals surface area contributed by atoms with Crippen molar-refractivity contribution < 1.29 is 4.79 Å². The average molecular weight is 222 g/mol. The molecule has 0 bridgehead atoms. The predicted molar refractivity (Wildman–Crippen MR) is 61.0 cm³/mol. The van der Waals surface area contributed by atoms with E-state index in [0.717, 1.165) is 31.5 Å². The van der Waals surface area contributed by atoms with Gasteiger partial charge < -0.3 is 11.1 Å². The molecule has 0 radical (unpaired) electrons. The Labute approximate surface area is 94.8 Å². The second-order valence-electron chi connectivity index (χ2n) is 4.56. The summed E-state index contributed by atoms with van der Waals surface area (Å²) >= 11 is 0. The Hall–Kier alpha value is -1.36. The third-order valence-corrected chi connectivity index (χ3v) is 3.21. The molecule has 0 aliphatic heterocycles. The highest BCUT2D eigenvalue weighted by molar-refractivity contribution is 5.94. The number of amides is 1. The second-order valence-corrected chi connectivity index (χ2v) is 4.56. The monoisotopic (exact) mass is 222 g/mol. The molecule has 2 atom stereocenters. The summed E-state index contributed by atoms with van der Waals surface area (Å²) in [7, 11) is 0. The van der Waals surface area contributed by atoms with Crippen LogP contribution < -0.4 is 11.1 Å². The number of nitrogens with two attached hydrogens (primary N) is 1. The topological polar surface area (TPSA) is 83.8 Å². The Bertz CT molecular complexity index is 374. The van der Waals surface area contributed by atoms with E-state index in [0.29, 0.717) is 17.5 Å². The second kappa shape index (κ2) is 4.65. The van der Waals surface area contributed by atoms with Gasteiger partial charge in [-0.25, -0.2) is 0 Å². The molecule has 5 heteroatoms. The molecule has 88 valence electrons. The van der Waals surface area contributed by atoms with Crippen molar-refractivity contribution in [1.82, 2.24) is 15.5 Å². The standard InChI is InChI=1S/C11H18N4O/c1-7-10(6-14-15-7)11(16)13-5-8-2-3-9(12)4-8/h6,8-9H,2-5,12H2,1H3,(H,13,16)(H,14,15). The van der Waals surface area contributed by atoms with Gasteiger partial charge in [-0.2, -0.15) is 5.10 Å². The zero-order valence-corrected chi connectivity index (χ0v) is 9.49. The van der Waals surface area contributed by atoms with E-state index < -0.39 is 0 Å². The summed E-state index contributed by atoms with van der Waals surface area (Å²) in [5.41, 5.74) is 7.26. The number of hydrogen-bond acceptors (Lipinski definition) is 3. The molecule has 1 aromatic heterocycles. The first kappa shape index (κ1) is 11.1. The maximum absolute atomic E-state index is 11.8. The summed E-state index contributed by atoms with van der Waals surface area (Å²) < 4.78 is 0. The zero-order chi connectivity index (χ0) is 11.5. The fourth-order valence-corrected chi connectivity index (χ4v) is 2.21. The molecule has 0 saturated heterocycles. The van der Waals surface area contributed by atoms with Crippen LogP contribution in [0.25, 0.3) is 0 Å². The number of aryl methyl sites for hydroxylation is 1. The quantitative estimate of drug-likeness (QED) is 0.699. The number of H-pyrrole nitrogens is 1. The molecule has 1 fully saturated rings. The van der Waals surface area contributed by atoms with Gasteiger partial charge in [-0.3, -0.25) is 9.89 Å². The van der Waals surface area contributed by atoms with Crippen LogP contribution in [0.5, 0.6) is 0 Å². The molecular weight excluding hydrogens is 204 g/mol. The van der Waals surface area contributed by atoms with Crippen LogP contribution in [0.3, 0.4) is 0 Å². The van der Waals surface area contributed by atoms with Gasteiger partial charge in [0.2, 0.25) is 0 Å². The van der Waals surface area contributed by atoms with Crippen molar-refractivity contribution in [3.63, 3.8) is 0 Å². The third kappa shape index (κ3) is 2.41. The Morgan fingerprint density at radius 1 is 1.69 bits per heavy atom. The van der Waals surface area contributed by atoms with E-state index >= 15 is 0 Å². The summed E-state index contributed by atoms with van der Waals surface area (Å²) in [6, 6.07) is 0.317. The predicted octanol–water partition coefficient (Wildman–Crippen LogP) is 0.575. The molecule has 2 rings (SSSR count). The Morgan fingerprint density at radius 3 is 3.06 bits per heavy atom. The largest absolute Gasteiger partial charge is 0.352 e. The van der Waals surface area contributed by atoms with Crippen molar-refractivity contribution in [3.05, 3.63) is 17.5 Å². The number of hydrogen-bond donors (Lipinski definition) is 3. The van der Waals surface area contributed by atoms with Crippen LogP contribution in [0.4, 0.5) is 0 Å². The van der Waals surface area contributed by atoms with E-state index in [9.17, 15) is 4.79 Å². The fraction of sp³-hybridized carbons (Fsp3) is 0.636. The highest BCUT2D eigenvalue weighted by Gasteiger charge is 2.22. The number of nitrogens with one attached hydrogen (secondary N) is 2. The average Bonchev–Trinajstić information content (AvgIpc) is 2.84. The molecule has 2 unspecified atom stereocenters. The number of aromatic amines is 1. The maximum Gasteiger partial charge on any atom is 0.254 e. The molecule has 1 aromatic rings. The molecule has 0 aromatic carbocycles. The highest BCUT2D eigenvalue weighted by atomic mass is 16.1. The Balaban J connectivity index is 1.82. The van der Waals surface area contributed by atoms with Gasteiger partial charge in [0.1, 0.15) is 0 Å². The first-order chi connectivity index (χ1) is 7.66. The summed E-state index contributed by atoms with van der Waals surface area (Å²) in [6.07, 6.45) is 4.77. The minimum absolute atomic E-state index is 0.0493. The first-order valence-corrected chi connectivity index (χ1v) is 5.70. The van der Waals surface area contributed by atoms with E-state index in [1.54, 1.807) is 6.20 Å². The van der Waals surface area contributed by atoms with Gasteiger partial charge in [0.25, 0.3) is 5.91 Å². The lowest BCUT2D eigenvalue weighted by Crippen LogP contribution is -2.29. The van der Waals surface area contributed by atoms with E-state index in [1.165, 1.54) is 0 Å². The van der Waals surface area contributed by atoms with Crippen molar-refractivity contribution in [1.29, 1.82) is 0 Å². The van der Waals surface area contributed by atoms with Gasteiger partial charge in [-0.1, -0.05) is 0 Å². The maximum atomic E-state index is 11.8. The molecule has 1 saturated carbocycles. The number of carbonyl (C=O) groups excluding carboxylic acids is 1. The van der Waals surface area contributed by atoms with Crippen LogP contribution in [0.15, 0.2) is 6.20 Å².